The summed E-state index contributed by atoms with van der Waals surface area (Å²) < 4.78 is 12.5. The van der Waals surface area contributed by atoms with Gasteiger partial charge in [-0.3, -0.25) is 9.36 Å². The quantitative estimate of drug-likeness (QED) is 0.442. The van der Waals surface area contributed by atoms with E-state index in [1.807, 2.05) is 48.7 Å². The largest absolute Gasteiger partial charge is 0.467 e. The van der Waals surface area contributed by atoms with Crippen LogP contribution in [0.3, 0.4) is 0 Å². The Morgan fingerprint density at radius 1 is 1.31 bits per heavy atom. The number of hydrogen-bond acceptors (Lipinski definition) is 6. The first-order valence-electron chi connectivity index (χ1n) is 8.06. The van der Waals surface area contributed by atoms with Crippen LogP contribution in [0.15, 0.2) is 52.2 Å². The third kappa shape index (κ3) is 4.68. The first kappa shape index (κ1) is 18.5. The normalized spacial score (nSPS) is 11.1. The molecule has 6 nitrogen and oxygen atoms in total. The lowest BCUT2D eigenvalue weighted by Gasteiger charge is -2.10. The van der Waals surface area contributed by atoms with Crippen molar-refractivity contribution >= 4 is 29.3 Å². The first-order valence-corrected chi connectivity index (χ1v) is 9.43. The van der Waals surface area contributed by atoms with Crippen molar-refractivity contribution in [2.75, 3.05) is 5.75 Å². The molecule has 0 saturated carbocycles. The predicted octanol–water partition coefficient (Wildman–Crippen LogP) is 4.28. The van der Waals surface area contributed by atoms with Crippen LogP contribution < -0.4 is 0 Å². The van der Waals surface area contributed by atoms with E-state index in [0.717, 1.165) is 11.3 Å². The van der Waals surface area contributed by atoms with Gasteiger partial charge in [0, 0.05) is 10.6 Å². The fourth-order valence-electron chi connectivity index (χ4n) is 2.36. The molecule has 2 heterocycles. The lowest BCUT2D eigenvalue weighted by Crippen LogP contribution is -2.14. The van der Waals surface area contributed by atoms with Gasteiger partial charge in [-0.15, -0.1) is 10.2 Å². The summed E-state index contributed by atoms with van der Waals surface area (Å²) in [6, 6.07) is 11.1. The Kier molecular flexibility index (Phi) is 6.00. The van der Waals surface area contributed by atoms with Crippen LogP contribution in [0.1, 0.15) is 19.6 Å². The van der Waals surface area contributed by atoms with Crippen molar-refractivity contribution in [3.8, 4) is 11.4 Å². The minimum atomic E-state index is -0.290. The molecular weight excluding hydrogens is 374 g/mol. The second kappa shape index (κ2) is 8.42. The topological polar surface area (TPSA) is 70.2 Å². The van der Waals surface area contributed by atoms with E-state index in [2.05, 4.69) is 10.2 Å². The molecule has 0 atom stereocenters. The van der Waals surface area contributed by atoms with E-state index >= 15 is 0 Å². The fraction of sp³-hybridized carbons (Fsp3) is 0.278. The van der Waals surface area contributed by atoms with Gasteiger partial charge in [0.1, 0.15) is 5.76 Å². The van der Waals surface area contributed by atoms with Crippen molar-refractivity contribution < 1.29 is 13.9 Å². The molecule has 0 fully saturated rings. The van der Waals surface area contributed by atoms with Crippen molar-refractivity contribution in [2.24, 2.45) is 0 Å². The Labute approximate surface area is 160 Å². The summed E-state index contributed by atoms with van der Waals surface area (Å²) in [5.74, 6) is 1.29. The van der Waals surface area contributed by atoms with Crippen LogP contribution in [0.4, 0.5) is 0 Å². The van der Waals surface area contributed by atoms with Crippen LogP contribution >= 0.6 is 23.4 Å². The number of aromatic nitrogens is 3. The van der Waals surface area contributed by atoms with Gasteiger partial charge in [0.25, 0.3) is 0 Å². The lowest BCUT2D eigenvalue weighted by molar-refractivity contribution is -0.144. The predicted molar refractivity (Wildman–Crippen MR) is 100 cm³/mol. The molecule has 3 aromatic rings. The van der Waals surface area contributed by atoms with E-state index in [1.54, 1.807) is 12.3 Å². The molecule has 0 aliphatic carbocycles. The molecule has 0 saturated heterocycles. The van der Waals surface area contributed by atoms with Gasteiger partial charge in [0.05, 0.1) is 24.7 Å². The van der Waals surface area contributed by atoms with Crippen molar-refractivity contribution in [3.63, 3.8) is 0 Å². The summed E-state index contributed by atoms with van der Waals surface area (Å²) in [7, 11) is 0. The number of benzene rings is 1. The van der Waals surface area contributed by atoms with E-state index in [1.165, 1.54) is 11.8 Å². The van der Waals surface area contributed by atoms with Gasteiger partial charge in [-0.25, -0.2) is 0 Å². The van der Waals surface area contributed by atoms with E-state index < -0.39 is 0 Å². The number of rotatable bonds is 7. The zero-order valence-electron chi connectivity index (χ0n) is 14.4. The summed E-state index contributed by atoms with van der Waals surface area (Å²) in [4.78, 5) is 11.8. The maximum Gasteiger partial charge on any atom is 0.316 e. The van der Waals surface area contributed by atoms with Gasteiger partial charge in [-0.2, -0.15) is 0 Å². The van der Waals surface area contributed by atoms with Crippen molar-refractivity contribution in [3.05, 3.63) is 53.4 Å². The highest BCUT2D eigenvalue weighted by Crippen LogP contribution is 2.27. The maximum atomic E-state index is 11.8. The van der Waals surface area contributed by atoms with Gasteiger partial charge in [-0.1, -0.05) is 35.5 Å². The number of carbonyl (C=O) groups is 1. The number of hydrogen-bond donors (Lipinski definition) is 0. The Hall–Kier alpha value is -2.25. The first-order chi connectivity index (χ1) is 12.5. The maximum absolute atomic E-state index is 11.8. The molecule has 0 bridgehead atoms. The third-order valence-electron chi connectivity index (χ3n) is 3.38. The summed E-state index contributed by atoms with van der Waals surface area (Å²) in [5.41, 5.74) is 0.841. The fourth-order valence-corrected chi connectivity index (χ4v) is 3.27. The van der Waals surface area contributed by atoms with Gasteiger partial charge in [0.15, 0.2) is 11.0 Å². The van der Waals surface area contributed by atoms with Crippen LogP contribution in [0.5, 0.6) is 0 Å². The summed E-state index contributed by atoms with van der Waals surface area (Å²) in [6.07, 6.45) is 1.47. The molecule has 0 amide bonds. The lowest BCUT2D eigenvalue weighted by atomic mass is 10.2. The van der Waals surface area contributed by atoms with Crippen LogP contribution in [0, 0.1) is 0 Å². The average Bonchev–Trinajstić information content (AvgIpc) is 3.23. The molecule has 136 valence electrons. The van der Waals surface area contributed by atoms with Gasteiger partial charge >= 0.3 is 5.97 Å². The minimum Gasteiger partial charge on any atom is -0.467 e. The molecule has 3 rings (SSSR count). The Bertz CT molecular complexity index is 878. The zero-order valence-corrected chi connectivity index (χ0v) is 16.0. The number of nitrogens with zero attached hydrogens (tertiary/aromatic N) is 3. The highest BCUT2D eigenvalue weighted by Gasteiger charge is 2.18. The van der Waals surface area contributed by atoms with E-state index in [9.17, 15) is 4.79 Å². The molecule has 0 spiro atoms. The molecule has 1 aromatic carbocycles. The van der Waals surface area contributed by atoms with Crippen LogP contribution in [-0.2, 0) is 16.1 Å². The number of carbonyl (C=O) groups excluding carboxylic acids is 1. The SMILES string of the molecule is CC(C)OC(=O)CSc1nnc(-c2cccc(Cl)c2)n1Cc1ccco1. The number of ether oxygens (including phenoxy) is 1. The van der Waals surface area contributed by atoms with Crippen molar-refractivity contribution in [1.82, 2.24) is 14.8 Å². The van der Waals surface area contributed by atoms with Gasteiger partial charge in [-0.05, 0) is 38.1 Å². The molecule has 8 heteroatoms. The smallest absolute Gasteiger partial charge is 0.316 e. The number of thioether (sulfide) groups is 1. The Morgan fingerprint density at radius 3 is 2.85 bits per heavy atom. The molecule has 0 N–H and O–H groups in total. The van der Waals surface area contributed by atoms with E-state index in [4.69, 9.17) is 20.8 Å². The van der Waals surface area contributed by atoms with E-state index in [-0.39, 0.29) is 17.8 Å². The summed E-state index contributed by atoms with van der Waals surface area (Å²) in [5, 5.41) is 9.75. The van der Waals surface area contributed by atoms with Gasteiger partial charge in [0.2, 0.25) is 0 Å². The second-order valence-electron chi connectivity index (χ2n) is 5.81. The summed E-state index contributed by atoms with van der Waals surface area (Å²) >= 11 is 7.38. The second-order valence-corrected chi connectivity index (χ2v) is 7.19. The van der Waals surface area contributed by atoms with Crippen LogP contribution in [0.25, 0.3) is 11.4 Å². The van der Waals surface area contributed by atoms with E-state index in [0.29, 0.717) is 22.5 Å². The van der Waals surface area contributed by atoms with Crippen LogP contribution in [-0.4, -0.2) is 32.6 Å². The molecule has 2 aromatic heterocycles. The number of furan rings is 1. The molecule has 26 heavy (non-hydrogen) atoms. The Balaban J connectivity index is 1.87. The standard InChI is InChI=1S/C18H18ClN3O3S/c1-12(2)25-16(23)11-26-18-21-20-17(13-5-3-6-14(19)9-13)22(18)10-15-7-4-8-24-15/h3-9,12H,10-11H2,1-2H3. The van der Waals surface area contributed by atoms with Crippen LogP contribution in [0.2, 0.25) is 5.02 Å². The number of esters is 1. The zero-order chi connectivity index (χ0) is 18.5. The third-order valence-corrected chi connectivity index (χ3v) is 4.56. The highest BCUT2D eigenvalue weighted by molar-refractivity contribution is 7.99. The highest BCUT2D eigenvalue weighted by atomic mass is 35.5. The Morgan fingerprint density at radius 2 is 2.15 bits per heavy atom. The number of halogens is 1. The molecule has 0 unspecified atom stereocenters. The molecule has 0 aliphatic heterocycles. The monoisotopic (exact) mass is 391 g/mol. The molecule has 0 radical (unpaired) electrons. The molecular formula is C18H18ClN3O3S. The van der Waals surface area contributed by atoms with Crippen molar-refractivity contribution in [1.29, 1.82) is 0 Å². The molecule has 0 aliphatic rings. The minimum absolute atomic E-state index is 0.147. The average molecular weight is 392 g/mol. The summed E-state index contributed by atoms with van der Waals surface area (Å²) in [6.45, 7) is 4.09. The van der Waals surface area contributed by atoms with Gasteiger partial charge < -0.3 is 9.15 Å². The van der Waals surface area contributed by atoms with Crippen molar-refractivity contribution in [2.45, 2.75) is 31.7 Å².